The third-order valence-electron chi connectivity index (χ3n) is 2.11. The molecule has 0 fully saturated rings. The Bertz CT molecular complexity index is 593. The Morgan fingerprint density at radius 1 is 1.17 bits per heavy atom. The largest absolute Gasteiger partial charge is 0.399 e. The van der Waals surface area contributed by atoms with Gasteiger partial charge in [0.2, 0.25) is 0 Å². The van der Waals surface area contributed by atoms with Gasteiger partial charge in [-0.05, 0) is 72.1 Å². The van der Waals surface area contributed by atoms with E-state index >= 15 is 0 Å². The van der Waals surface area contributed by atoms with Gasteiger partial charge in [0.25, 0.3) is 5.91 Å². The highest BCUT2D eigenvalue weighted by atomic mass is 79.9. The molecule has 0 saturated carbocycles. The maximum absolute atomic E-state index is 12.0. The van der Waals surface area contributed by atoms with Gasteiger partial charge in [-0.2, -0.15) is 0 Å². The van der Waals surface area contributed by atoms with Crippen molar-refractivity contribution in [2.75, 3.05) is 11.1 Å². The van der Waals surface area contributed by atoms with E-state index < -0.39 is 0 Å². The average molecular weight is 455 g/mol. The summed E-state index contributed by atoms with van der Waals surface area (Å²) in [7, 11) is 0. The fourth-order valence-electron chi connectivity index (χ4n) is 1.28. The van der Waals surface area contributed by atoms with Crippen molar-refractivity contribution < 1.29 is 4.79 Å². The van der Waals surface area contributed by atoms with Gasteiger partial charge in [-0.1, -0.05) is 0 Å². The summed E-state index contributed by atoms with van der Waals surface area (Å²) < 4.78 is 2.54. The van der Waals surface area contributed by atoms with Gasteiger partial charge in [-0.15, -0.1) is 11.3 Å². The van der Waals surface area contributed by atoms with Crippen molar-refractivity contribution in [3.8, 4) is 0 Å². The quantitative estimate of drug-likeness (QED) is 0.636. The van der Waals surface area contributed by atoms with Crippen LogP contribution in [-0.2, 0) is 0 Å². The third kappa shape index (κ3) is 3.14. The first-order chi connectivity index (χ1) is 8.47. The smallest absolute Gasteiger partial charge is 0.265 e. The normalized spacial score (nSPS) is 10.4. The monoisotopic (exact) mass is 452 g/mol. The molecule has 0 spiro atoms. The number of rotatable bonds is 2. The molecular weight excluding hydrogens is 448 g/mol. The van der Waals surface area contributed by atoms with Gasteiger partial charge in [-0.25, -0.2) is 0 Å². The van der Waals surface area contributed by atoms with E-state index in [1.165, 1.54) is 11.3 Å². The van der Waals surface area contributed by atoms with Crippen LogP contribution in [0.1, 0.15) is 9.67 Å². The summed E-state index contributed by atoms with van der Waals surface area (Å²) in [6, 6.07) is 7.03. The van der Waals surface area contributed by atoms with Crippen molar-refractivity contribution in [3.05, 3.63) is 41.9 Å². The average Bonchev–Trinajstić information content (AvgIpc) is 2.64. The van der Waals surface area contributed by atoms with Gasteiger partial charge < -0.3 is 11.1 Å². The van der Waals surface area contributed by atoms with Crippen molar-refractivity contribution in [2.24, 2.45) is 0 Å². The van der Waals surface area contributed by atoms with Gasteiger partial charge in [0.15, 0.2) is 0 Å². The van der Waals surface area contributed by atoms with Crippen molar-refractivity contribution in [1.29, 1.82) is 0 Å². The second-order valence-electron chi connectivity index (χ2n) is 3.43. The van der Waals surface area contributed by atoms with Gasteiger partial charge in [0, 0.05) is 14.6 Å². The molecule has 0 aliphatic rings. The minimum atomic E-state index is -0.169. The van der Waals surface area contributed by atoms with Gasteiger partial charge in [0.05, 0.1) is 14.4 Å². The summed E-state index contributed by atoms with van der Waals surface area (Å²) in [6.07, 6.45) is 0. The fourth-order valence-corrected chi connectivity index (χ4v) is 3.56. The minimum Gasteiger partial charge on any atom is -0.399 e. The summed E-state index contributed by atoms with van der Waals surface area (Å²) in [6.45, 7) is 0. The molecule has 0 unspecified atom stereocenters. The number of amides is 1. The van der Waals surface area contributed by atoms with E-state index in [-0.39, 0.29) is 5.91 Å². The number of anilines is 2. The highest BCUT2D eigenvalue weighted by molar-refractivity contribution is 9.13. The number of hydrogen-bond donors (Lipinski definition) is 2. The zero-order chi connectivity index (χ0) is 13.3. The molecule has 0 saturated heterocycles. The standard InChI is InChI=1S/C11H7Br3N2OS/c12-6-2-1-5(15)3-8(6)16-11(17)9-4-7(13)10(14)18-9/h1-4H,15H2,(H,16,17). The molecule has 18 heavy (non-hydrogen) atoms. The number of halogens is 3. The topological polar surface area (TPSA) is 55.1 Å². The minimum absolute atomic E-state index is 0.169. The zero-order valence-corrected chi connectivity index (χ0v) is 14.4. The van der Waals surface area contributed by atoms with E-state index in [1.54, 1.807) is 24.3 Å². The predicted molar refractivity (Wildman–Crippen MR) is 86.2 cm³/mol. The lowest BCUT2D eigenvalue weighted by atomic mass is 10.3. The maximum Gasteiger partial charge on any atom is 0.265 e. The first-order valence-electron chi connectivity index (χ1n) is 4.78. The van der Waals surface area contributed by atoms with Crippen LogP contribution in [0.4, 0.5) is 11.4 Å². The van der Waals surface area contributed by atoms with Crippen molar-refractivity contribution >= 4 is 76.4 Å². The Morgan fingerprint density at radius 2 is 1.89 bits per heavy atom. The van der Waals surface area contributed by atoms with Crippen LogP contribution in [0.3, 0.4) is 0 Å². The molecule has 1 amide bonds. The van der Waals surface area contributed by atoms with Crippen LogP contribution < -0.4 is 11.1 Å². The van der Waals surface area contributed by atoms with E-state index in [2.05, 4.69) is 53.1 Å². The summed E-state index contributed by atoms with van der Waals surface area (Å²) in [5, 5.41) is 2.81. The van der Waals surface area contributed by atoms with Crippen molar-refractivity contribution in [1.82, 2.24) is 0 Å². The lowest BCUT2D eigenvalue weighted by molar-refractivity contribution is 0.103. The molecule has 1 aromatic carbocycles. The van der Waals surface area contributed by atoms with Gasteiger partial charge in [0.1, 0.15) is 0 Å². The van der Waals surface area contributed by atoms with Crippen LogP contribution in [0, 0.1) is 0 Å². The lowest BCUT2D eigenvalue weighted by Gasteiger charge is -2.06. The van der Waals surface area contributed by atoms with E-state index in [0.29, 0.717) is 16.3 Å². The van der Waals surface area contributed by atoms with Crippen LogP contribution in [-0.4, -0.2) is 5.91 Å². The number of nitrogens with two attached hydrogens (primary N) is 1. The van der Waals surface area contributed by atoms with E-state index in [0.717, 1.165) is 12.7 Å². The molecule has 7 heteroatoms. The number of carbonyl (C=O) groups excluding carboxylic acids is 1. The summed E-state index contributed by atoms with van der Waals surface area (Å²) in [5.41, 5.74) is 6.94. The summed E-state index contributed by atoms with van der Waals surface area (Å²) in [4.78, 5) is 12.7. The van der Waals surface area contributed by atoms with E-state index in [4.69, 9.17) is 5.73 Å². The number of benzene rings is 1. The molecule has 2 rings (SSSR count). The van der Waals surface area contributed by atoms with Gasteiger partial charge >= 0.3 is 0 Å². The molecule has 2 aromatic rings. The Labute approximate surface area is 133 Å². The Kier molecular flexibility index (Phi) is 4.47. The van der Waals surface area contributed by atoms with Crippen LogP contribution in [0.15, 0.2) is 37.0 Å². The Balaban J connectivity index is 2.23. The van der Waals surface area contributed by atoms with Crippen LogP contribution in [0.5, 0.6) is 0 Å². The molecule has 0 atom stereocenters. The molecule has 1 aromatic heterocycles. The number of nitrogens with one attached hydrogen (secondary N) is 1. The molecule has 0 bridgehead atoms. The number of hydrogen-bond acceptors (Lipinski definition) is 3. The molecule has 0 aliphatic carbocycles. The Hall–Kier alpha value is -0.370. The van der Waals surface area contributed by atoms with E-state index in [9.17, 15) is 4.79 Å². The highest BCUT2D eigenvalue weighted by Crippen LogP contribution is 2.33. The molecule has 0 aliphatic heterocycles. The predicted octanol–water partition coefficient (Wildman–Crippen LogP) is 4.87. The van der Waals surface area contributed by atoms with Crippen LogP contribution >= 0.6 is 59.1 Å². The first-order valence-corrected chi connectivity index (χ1v) is 7.98. The SMILES string of the molecule is Nc1ccc(Br)c(NC(=O)c2cc(Br)c(Br)s2)c1. The fraction of sp³-hybridized carbons (Fsp3) is 0. The second kappa shape index (κ2) is 5.73. The van der Waals surface area contributed by atoms with Crippen LogP contribution in [0.2, 0.25) is 0 Å². The van der Waals surface area contributed by atoms with E-state index in [1.807, 2.05) is 0 Å². The maximum atomic E-state index is 12.0. The molecule has 3 nitrogen and oxygen atoms in total. The molecular formula is C11H7Br3N2OS. The van der Waals surface area contributed by atoms with Crippen molar-refractivity contribution in [3.63, 3.8) is 0 Å². The summed E-state index contributed by atoms with van der Waals surface area (Å²) in [5.74, 6) is -0.169. The number of carbonyl (C=O) groups is 1. The molecule has 1 heterocycles. The van der Waals surface area contributed by atoms with Crippen LogP contribution in [0.25, 0.3) is 0 Å². The first kappa shape index (κ1) is 14.0. The Morgan fingerprint density at radius 3 is 2.50 bits per heavy atom. The number of thiophene rings is 1. The third-order valence-corrected chi connectivity index (χ3v) is 6.05. The second-order valence-corrected chi connectivity index (χ2v) is 7.50. The molecule has 94 valence electrons. The lowest BCUT2D eigenvalue weighted by Crippen LogP contribution is -2.10. The molecule has 3 N–H and O–H groups in total. The summed E-state index contributed by atoms with van der Waals surface area (Å²) >= 11 is 11.4. The van der Waals surface area contributed by atoms with Gasteiger partial charge in [-0.3, -0.25) is 4.79 Å². The highest BCUT2D eigenvalue weighted by Gasteiger charge is 2.13. The number of nitrogen functional groups attached to an aromatic ring is 1. The zero-order valence-electron chi connectivity index (χ0n) is 8.84. The molecule has 0 radical (unpaired) electrons. The van der Waals surface area contributed by atoms with Crippen molar-refractivity contribution in [2.45, 2.75) is 0 Å².